The molecule has 0 bridgehead atoms. The van der Waals surface area contributed by atoms with Crippen molar-refractivity contribution in [3.05, 3.63) is 29.5 Å². The summed E-state index contributed by atoms with van der Waals surface area (Å²) in [4.78, 5) is 21.4. The summed E-state index contributed by atoms with van der Waals surface area (Å²) in [5.41, 5.74) is 3.40. The van der Waals surface area contributed by atoms with E-state index in [-0.39, 0.29) is 24.0 Å². The lowest BCUT2D eigenvalue weighted by Crippen LogP contribution is -2.68. The molecule has 32 heavy (non-hydrogen) atoms. The number of aliphatic hydroxyl groups is 1. The van der Waals surface area contributed by atoms with Crippen molar-refractivity contribution in [2.24, 2.45) is 11.8 Å². The van der Waals surface area contributed by atoms with Gasteiger partial charge in [0.15, 0.2) is 0 Å². The van der Waals surface area contributed by atoms with Crippen molar-refractivity contribution in [1.29, 1.82) is 0 Å². The van der Waals surface area contributed by atoms with Gasteiger partial charge in [0.2, 0.25) is 5.91 Å². The topological polar surface area (TPSA) is 78.0 Å². The number of aliphatic hydroxyl groups excluding tert-OH is 1. The molecule has 3 aliphatic heterocycles. The largest absolute Gasteiger partial charge is 0.497 e. The van der Waals surface area contributed by atoms with Crippen molar-refractivity contribution >= 4 is 16.8 Å². The first kappa shape index (κ1) is 20.5. The third-order valence-electron chi connectivity index (χ3n) is 8.08. The Bertz CT molecular complexity index is 1020. The molecular formula is C25H33N3O4. The van der Waals surface area contributed by atoms with Gasteiger partial charge in [-0.1, -0.05) is 0 Å². The summed E-state index contributed by atoms with van der Waals surface area (Å²) in [7, 11) is 1.69. The fraction of sp³-hybridized carbons (Fsp3) is 0.640. The number of amides is 1. The first-order valence-electron chi connectivity index (χ1n) is 12.0. The number of likely N-dealkylation sites (tertiary alicyclic amines) is 1. The maximum Gasteiger partial charge on any atom is 0.225 e. The Morgan fingerprint density at radius 3 is 2.69 bits per heavy atom. The van der Waals surface area contributed by atoms with E-state index in [9.17, 15) is 9.90 Å². The molecule has 1 aromatic heterocycles. The number of carbonyl (C=O) groups is 1. The Labute approximate surface area is 188 Å². The first-order chi connectivity index (χ1) is 15.6. The molecule has 1 atom stereocenters. The van der Waals surface area contributed by atoms with E-state index in [2.05, 4.69) is 20.9 Å². The van der Waals surface area contributed by atoms with E-state index in [1.807, 2.05) is 12.1 Å². The van der Waals surface area contributed by atoms with Gasteiger partial charge >= 0.3 is 0 Å². The summed E-state index contributed by atoms with van der Waals surface area (Å²) < 4.78 is 10.9. The summed E-state index contributed by atoms with van der Waals surface area (Å²) in [6.45, 7) is 4.93. The Balaban J connectivity index is 1.36. The summed E-state index contributed by atoms with van der Waals surface area (Å²) in [5.74, 6) is 1.96. The number of H-pyrrole nitrogens is 1. The summed E-state index contributed by atoms with van der Waals surface area (Å²) in [6.07, 6.45) is 4.24. The lowest BCUT2D eigenvalue weighted by Gasteiger charge is -2.57. The molecule has 1 spiro atoms. The van der Waals surface area contributed by atoms with Gasteiger partial charge in [-0.25, -0.2) is 0 Å². The Morgan fingerprint density at radius 2 is 2.00 bits per heavy atom. The minimum atomic E-state index is -0.0798. The van der Waals surface area contributed by atoms with Gasteiger partial charge in [0.05, 0.1) is 19.8 Å². The highest BCUT2D eigenvalue weighted by Gasteiger charge is 2.54. The van der Waals surface area contributed by atoms with Gasteiger partial charge in [0.1, 0.15) is 5.75 Å². The highest BCUT2D eigenvalue weighted by atomic mass is 16.5. The number of carbonyl (C=O) groups excluding carboxylic acids is 1. The molecular weight excluding hydrogens is 406 g/mol. The number of aromatic amines is 1. The highest BCUT2D eigenvalue weighted by Crippen LogP contribution is 2.50. The predicted molar refractivity (Wildman–Crippen MR) is 121 cm³/mol. The number of benzene rings is 1. The van der Waals surface area contributed by atoms with Gasteiger partial charge in [0.25, 0.3) is 0 Å². The molecule has 1 amide bonds. The molecule has 2 saturated heterocycles. The van der Waals surface area contributed by atoms with Gasteiger partial charge < -0.3 is 24.5 Å². The molecule has 6 rings (SSSR count). The number of fused-ring (bicyclic) bond motifs is 4. The van der Waals surface area contributed by atoms with Gasteiger partial charge in [-0.15, -0.1) is 0 Å². The van der Waals surface area contributed by atoms with Gasteiger partial charge in [-0.05, 0) is 49.3 Å². The molecule has 0 radical (unpaired) electrons. The van der Waals surface area contributed by atoms with Crippen LogP contribution < -0.4 is 4.74 Å². The molecule has 0 unspecified atom stereocenters. The smallest absolute Gasteiger partial charge is 0.225 e. The van der Waals surface area contributed by atoms with Crippen LogP contribution in [-0.2, 0) is 14.9 Å². The van der Waals surface area contributed by atoms with Crippen LogP contribution in [0.5, 0.6) is 5.75 Å². The van der Waals surface area contributed by atoms with E-state index in [1.54, 1.807) is 7.11 Å². The zero-order valence-corrected chi connectivity index (χ0v) is 18.8. The second-order valence-electron chi connectivity index (χ2n) is 10.3. The van der Waals surface area contributed by atoms with Gasteiger partial charge in [-0.3, -0.25) is 9.69 Å². The molecule has 2 N–H and O–H groups in total. The van der Waals surface area contributed by atoms with E-state index in [4.69, 9.17) is 9.47 Å². The first-order valence-corrected chi connectivity index (χ1v) is 12.0. The molecule has 172 valence electrons. The molecule has 7 heteroatoms. The van der Waals surface area contributed by atoms with Crippen LogP contribution in [0.15, 0.2) is 18.2 Å². The van der Waals surface area contributed by atoms with E-state index >= 15 is 0 Å². The molecule has 1 aromatic carbocycles. The summed E-state index contributed by atoms with van der Waals surface area (Å²) >= 11 is 0. The average molecular weight is 440 g/mol. The number of hydrogen-bond acceptors (Lipinski definition) is 5. The molecule has 4 aliphatic rings. The van der Waals surface area contributed by atoms with Crippen LogP contribution in [-0.4, -0.2) is 78.9 Å². The van der Waals surface area contributed by atoms with E-state index in [1.165, 1.54) is 23.8 Å². The van der Waals surface area contributed by atoms with Crippen LogP contribution >= 0.6 is 0 Å². The zero-order valence-electron chi connectivity index (χ0n) is 18.8. The second-order valence-corrected chi connectivity index (χ2v) is 10.3. The Hall–Kier alpha value is -2.09. The lowest BCUT2D eigenvalue weighted by atomic mass is 9.68. The van der Waals surface area contributed by atoms with Crippen molar-refractivity contribution in [1.82, 2.24) is 14.8 Å². The highest BCUT2D eigenvalue weighted by molar-refractivity contribution is 5.89. The van der Waals surface area contributed by atoms with Crippen molar-refractivity contribution in [3.63, 3.8) is 0 Å². The molecule has 1 saturated carbocycles. The van der Waals surface area contributed by atoms with Crippen molar-refractivity contribution in [2.75, 3.05) is 53.1 Å². The van der Waals surface area contributed by atoms with Crippen LogP contribution in [0.2, 0.25) is 0 Å². The van der Waals surface area contributed by atoms with Crippen LogP contribution in [0.3, 0.4) is 0 Å². The fourth-order valence-corrected chi connectivity index (χ4v) is 6.24. The third-order valence-corrected chi connectivity index (χ3v) is 8.08. The summed E-state index contributed by atoms with van der Waals surface area (Å²) in [5, 5.41) is 11.6. The standard InChI is InChI=1S/C25H33N3O4/c1-31-18-4-5-19-20(10-18)26-23-21(12-29)27(11-16-2-3-16)13-25(22(19)23)14-28(15-25)24(30)17-6-8-32-9-7-17/h4-5,10,16-17,21,26,29H,2-3,6-9,11-15H2,1H3/t21-/m1/s1. The Morgan fingerprint density at radius 1 is 1.22 bits per heavy atom. The fourth-order valence-electron chi connectivity index (χ4n) is 6.24. The summed E-state index contributed by atoms with van der Waals surface area (Å²) in [6, 6.07) is 6.18. The zero-order chi connectivity index (χ0) is 21.9. The quantitative estimate of drug-likeness (QED) is 0.748. The second kappa shape index (κ2) is 7.75. The van der Waals surface area contributed by atoms with Crippen LogP contribution in [0, 0.1) is 11.8 Å². The minimum absolute atomic E-state index is 0.0186. The number of nitrogens with zero attached hydrogens (tertiary/aromatic N) is 2. The van der Waals surface area contributed by atoms with E-state index in [0.29, 0.717) is 19.1 Å². The molecule has 3 fully saturated rings. The monoisotopic (exact) mass is 439 g/mol. The predicted octanol–water partition coefficient (Wildman–Crippen LogP) is 2.44. The number of nitrogens with one attached hydrogen (secondary N) is 1. The third kappa shape index (κ3) is 3.25. The molecule has 7 nitrogen and oxygen atoms in total. The van der Waals surface area contributed by atoms with Crippen molar-refractivity contribution < 1.29 is 19.4 Å². The molecule has 4 heterocycles. The molecule has 2 aromatic rings. The number of rotatable bonds is 5. The number of hydrogen-bond donors (Lipinski definition) is 2. The lowest BCUT2D eigenvalue weighted by molar-refractivity contribution is -0.148. The van der Waals surface area contributed by atoms with Gasteiger partial charge in [-0.2, -0.15) is 0 Å². The normalized spacial score (nSPS) is 25.7. The van der Waals surface area contributed by atoms with Crippen LogP contribution in [0.1, 0.15) is 43.0 Å². The van der Waals surface area contributed by atoms with E-state index in [0.717, 1.165) is 61.9 Å². The van der Waals surface area contributed by atoms with Crippen molar-refractivity contribution in [3.8, 4) is 5.75 Å². The number of ether oxygens (including phenoxy) is 2. The maximum absolute atomic E-state index is 13.2. The van der Waals surface area contributed by atoms with Crippen LogP contribution in [0.4, 0.5) is 0 Å². The molecule has 1 aliphatic carbocycles. The Kier molecular flexibility index (Phi) is 4.97. The van der Waals surface area contributed by atoms with Crippen molar-refractivity contribution in [2.45, 2.75) is 37.1 Å². The van der Waals surface area contributed by atoms with Crippen LogP contribution in [0.25, 0.3) is 10.9 Å². The number of aromatic nitrogens is 1. The average Bonchev–Trinajstić information content (AvgIpc) is 3.53. The maximum atomic E-state index is 13.2. The van der Waals surface area contributed by atoms with E-state index < -0.39 is 0 Å². The number of methoxy groups -OCH3 is 1. The van der Waals surface area contributed by atoms with Gasteiger partial charge in [0, 0.05) is 73.4 Å². The minimum Gasteiger partial charge on any atom is -0.497 e. The SMILES string of the molecule is COc1ccc2c3c([nH]c2c1)[C@@H](CO)N(CC1CC1)CC31CN(C(=O)C2CCOCC2)C1.